The summed E-state index contributed by atoms with van der Waals surface area (Å²) in [5, 5.41) is 13.6. The van der Waals surface area contributed by atoms with Crippen LogP contribution in [0.2, 0.25) is 5.02 Å². The van der Waals surface area contributed by atoms with Crippen molar-refractivity contribution in [1.82, 2.24) is 9.78 Å². The van der Waals surface area contributed by atoms with Crippen LogP contribution in [-0.2, 0) is 16.6 Å². The average Bonchev–Trinajstić information content (AvgIpc) is 2.68. The number of hydrogen-bond acceptors (Lipinski definition) is 4. The summed E-state index contributed by atoms with van der Waals surface area (Å²) in [5.74, 6) is 0. The molecule has 1 aromatic heterocycles. The van der Waals surface area contributed by atoms with E-state index in [1.54, 1.807) is 38.1 Å². The molecule has 0 saturated carbocycles. The van der Waals surface area contributed by atoms with Gasteiger partial charge in [-0.3, -0.25) is 9.40 Å². The Morgan fingerprint density at radius 3 is 2.48 bits per heavy atom. The predicted octanol–water partition coefficient (Wildman–Crippen LogP) is 1.95. The van der Waals surface area contributed by atoms with Crippen LogP contribution in [0.15, 0.2) is 29.2 Å². The maximum absolute atomic E-state index is 12.5. The molecular weight excluding hydrogens is 314 g/mol. The highest BCUT2D eigenvalue weighted by Crippen LogP contribution is 2.23. The standard InChI is InChI=1S/C13H16ClN3O3S/c1-9-13(10(2)17(15-9)7-8-18)21(19,20)16-12-5-3-11(14)4-6-12/h3-6,16,18H,7-8H2,1-2H3. The predicted molar refractivity (Wildman–Crippen MR) is 81.0 cm³/mol. The van der Waals surface area contributed by atoms with Gasteiger partial charge < -0.3 is 5.11 Å². The first-order valence-electron chi connectivity index (χ1n) is 6.28. The molecule has 2 N–H and O–H groups in total. The van der Waals surface area contributed by atoms with E-state index in [9.17, 15) is 8.42 Å². The van der Waals surface area contributed by atoms with Gasteiger partial charge in [0.25, 0.3) is 10.0 Å². The molecule has 0 amide bonds. The molecule has 0 aliphatic rings. The lowest BCUT2D eigenvalue weighted by molar-refractivity contribution is 0.267. The number of nitrogens with one attached hydrogen (secondary N) is 1. The molecule has 0 fully saturated rings. The number of aryl methyl sites for hydroxylation is 1. The molecule has 8 heteroatoms. The van der Waals surface area contributed by atoms with Crippen LogP contribution >= 0.6 is 11.6 Å². The van der Waals surface area contributed by atoms with Gasteiger partial charge in [0.05, 0.1) is 24.5 Å². The Kier molecular flexibility index (Phi) is 4.55. The van der Waals surface area contributed by atoms with E-state index in [2.05, 4.69) is 9.82 Å². The van der Waals surface area contributed by atoms with Crippen LogP contribution in [-0.4, -0.2) is 29.9 Å². The Labute approximate surface area is 128 Å². The number of benzene rings is 1. The van der Waals surface area contributed by atoms with Crippen LogP contribution in [0.5, 0.6) is 0 Å². The molecule has 0 unspecified atom stereocenters. The topological polar surface area (TPSA) is 84.2 Å². The fourth-order valence-corrected chi connectivity index (χ4v) is 3.70. The molecule has 2 rings (SSSR count). The zero-order chi connectivity index (χ0) is 15.6. The summed E-state index contributed by atoms with van der Waals surface area (Å²) in [4.78, 5) is 0.130. The number of aromatic nitrogens is 2. The number of rotatable bonds is 5. The van der Waals surface area contributed by atoms with Crippen LogP contribution in [0.25, 0.3) is 0 Å². The molecule has 1 aromatic carbocycles. The Morgan fingerprint density at radius 1 is 1.29 bits per heavy atom. The molecular formula is C13H16ClN3O3S. The molecule has 114 valence electrons. The maximum atomic E-state index is 12.5. The smallest absolute Gasteiger partial charge is 0.265 e. The number of nitrogens with zero attached hydrogens (tertiary/aromatic N) is 2. The number of sulfonamides is 1. The molecule has 2 aromatic rings. The van der Waals surface area contributed by atoms with Gasteiger partial charge in [-0.15, -0.1) is 0 Å². The van der Waals surface area contributed by atoms with E-state index in [4.69, 9.17) is 16.7 Å². The highest BCUT2D eigenvalue weighted by molar-refractivity contribution is 7.92. The van der Waals surface area contributed by atoms with E-state index in [-0.39, 0.29) is 18.0 Å². The Hall–Kier alpha value is -1.57. The second kappa shape index (κ2) is 6.05. The van der Waals surface area contributed by atoms with Crippen LogP contribution in [0, 0.1) is 13.8 Å². The summed E-state index contributed by atoms with van der Waals surface area (Å²) < 4.78 is 28.9. The van der Waals surface area contributed by atoms with E-state index in [1.807, 2.05) is 0 Å². The van der Waals surface area contributed by atoms with Gasteiger partial charge in [0.1, 0.15) is 4.90 Å². The minimum absolute atomic E-state index is 0.105. The number of halogens is 1. The molecule has 1 heterocycles. The largest absolute Gasteiger partial charge is 0.394 e. The minimum Gasteiger partial charge on any atom is -0.394 e. The Bertz CT molecular complexity index is 739. The molecule has 0 aliphatic heterocycles. The number of aliphatic hydroxyl groups is 1. The van der Waals surface area contributed by atoms with Crippen molar-refractivity contribution in [2.45, 2.75) is 25.3 Å². The first-order valence-corrected chi connectivity index (χ1v) is 8.14. The fraction of sp³-hybridized carbons (Fsp3) is 0.308. The van der Waals surface area contributed by atoms with Gasteiger partial charge in [-0.1, -0.05) is 11.6 Å². The first kappa shape index (κ1) is 15.8. The summed E-state index contributed by atoms with van der Waals surface area (Å²) in [6, 6.07) is 6.38. The molecule has 0 atom stereocenters. The van der Waals surface area contributed by atoms with Gasteiger partial charge >= 0.3 is 0 Å². The second-order valence-electron chi connectivity index (χ2n) is 4.56. The molecule has 0 saturated heterocycles. The van der Waals surface area contributed by atoms with Gasteiger partial charge in [-0.25, -0.2) is 8.42 Å². The zero-order valence-electron chi connectivity index (χ0n) is 11.7. The Balaban J connectivity index is 2.38. The highest BCUT2D eigenvalue weighted by Gasteiger charge is 2.24. The van der Waals surface area contributed by atoms with Crippen molar-refractivity contribution >= 4 is 27.3 Å². The summed E-state index contributed by atoms with van der Waals surface area (Å²) in [5.41, 5.74) is 1.30. The third-order valence-corrected chi connectivity index (χ3v) is 4.88. The van der Waals surface area contributed by atoms with Gasteiger partial charge in [-0.05, 0) is 38.1 Å². The van der Waals surface area contributed by atoms with Crippen molar-refractivity contribution in [1.29, 1.82) is 0 Å². The third kappa shape index (κ3) is 3.37. The van der Waals surface area contributed by atoms with E-state index in [0.717, 1.165) is 0 Å². The molecule has 0 radical (unpaired) electrons. The van der Waals surface area contributed by atoms with Gasteiger partial charge in [0.15, 0.2) is 0 Å². The van der Waals surface area contributed by atoms with Crippen molar-refractivity contribution in [2.75, 3.05) is 11.3 Å². The van der Waals surface area contributed by atoms with Crippen molar-refractivity contribution in [2.24, 2.45) is 0 Å². The third-order valence-electron chi connectivity index (χ3n) is 2.99. The lowest BCUT2D eigenvalue weighted by atomic mass is 10.3. The van der Waals surface area contributed by atoms with Gasteiger partial charge in [0.2, 0.25) is 0 Å². The quantitative estimate of drug-likeness (QED) is 0.878. The average molecular weight is 330 g/mol. The molecule has 0 spiro atoms. The normalized spacial score (nSPS) is 11.6. The van der Waals surface area contributed by atoms with Crippen molar-refractivity contribution in [3.8, 4) is 0 Å². The highest BCUT2D eigenvalue weighted by atomic mass is 35.5. The van der Waals surface area contributed by atoms with Crippen molar-refractivity contribution < 1.29 is 13.5 Å². The van der Waals surface area contributed by atoms with Crippen LogP contribution in [0.4, 0.5) is 5.69 Å². The number of anilines is 1. The SMILES string of the molecule is Cc1nn(CCO)c(C)c1S(=O)(=O)Nc1ccc(Cl)cc1. The van der Waals surface area contributed by atoms with Crippen LogP contribution in [0.1, 0.15) is 11.4 Å². The van der Waals surface area contributed by atoms with E-state index in [1.165, 1.54) is 4.68 Å². The molecule has 6 nitrogen and oxygen atoms in total. The van der Waals surface area contributed by atoms with Gasteiger partial charge in [-0.2, -0.15) is 5.10 Å². The van der Waals surface area contributed by atoms with E-state index >= 15 is 0 Å². The van der Waals surface area contributed by atoms with Crippen molar-refractivity contribution in [3.05, 3.63) is 40.7 Å². The lowest BCUT2D eigenvalue weighted by Crippen LogP contribution is -2.15. The molecule has 0 aliphatic carbocycles. The molecule has 21 heavy (non-hydrogen) atoms. The summed E-state index contributed by atoms with van der Waals surface area (Å²) in [6.45, 7) is 3.43. The van der Waals surface area contributed by atoms with Crippen LogP contribution < -0.4 is 4.72 Å². The summed E-state index contributed by atoms with van der Waals surface area (Å²) in [6.07, 6.45) is 0. The maximum Gasteiger partial charge on any atom is 0.265 e. The first-order chi connectivity index (χ1) is 9.85. The second-order valence-corrected chi connectivity index (χ2v) is 6.61. The monoisotopic (exact) mass is 329 g/mol. The summed E-state index contributed by atoms with van der Waals surface area (Å²) >= 11 is 5.77. The van der Waals surface area contributed by atoms with E-state index in [0.29, 0.717) is 22.1 Å². The molecule has 0 bridgehead atoms. The summed E-state index contributed by atoms with van der Waals surface area (Å²) in [7, 11) is -3.74. The van der Waals surface area contributed by atoms with Crippen molar-refractivity contribution in [3.63, 3.8) is 0 Å². The number of hydrogen-bond donors (Lipinski definition) is 2. The van der Waals surface area contributed by atoms with E-state index < -0.39 is 10.0 Å². The minimum atomic E-state index is -3.74. The van der Waals surface area contributed by atoms with Gasteiger partial charge in [0, 0.05) is 10.7 Å². The van der Waals surface area contributed by atoms with Crippen LogP contribution in [0.3, 0.4) is 0 Å². The lowest BCUT2D eigenvalue weighted by Gasteiger charge is -2.09. The number of aliphatic hydroxyl groups excluding tert-OH is 1. The Morgan fingerprint density at radius 2 is 1.90 bits per heavy atom. The zero-order valence-corrected chi connectivity index (χ0v) is 13.2. The fourth-order valence-electron chi connectivity index (χ4n) is 2.11.